The number of carbonyl (C=O) groups excluding carboxylic acids is 1. The fourth-order valence-electron chi connectivity index (χ4n) is 3.19. The van der Waals surface area contributed by atoms with Crippen molar-refractivity contribution in [2.75, 3.05) is 13.1 Å². The highest BCUT2D eigenvalue weighted by atomic mass is 32.1. The zero-order chi connectivity index (χ0) is 13.0. The van der Waals surface area contributed by atoms with Crippen LogP contribution in [0.5, 0.6) is 0 Å². The molecule has 6 heteroatoms. The normalized spacial score (nSPS) is 24.6. The Morgan fingerprint density at radius 1 is 1.42 bits per heavy atom. The van der Waals surface area contributed by atoms with E-state index in [9.17, 15) is 4.79 Å². The highest BCUT2D eigenvalue weighted by Gasteiger charge is 2.43. The average Bonchev–Trinajstić information content (AvgIpc) is 3.07. The van der Waals surface area contributed by atoms with Crippen molar-refractivity contribution in [1.82, 2.24) is 19.4 Å². The summed E-state index contributed by atoms with van der Waals surface area (Å²) in [4.78, 5) is 23.0. The third-order valence-electron chi connectivity index (χ3n) is 4.08. The maximum atomic E-state index is 12.4. The summed E-state index contributed by atoms with van der Waals surface area (Å²) in [5.41, 5.74) is 0.589. The zero-order valence-electron chi connectivity index (χ0n) is 10.6. The lowest BCUT2D eigenvalue weighted by Gasteiger charge is -2.16. The van der Waals surface area contributed by atoms with Crippen LogP contribution >= 0.6 is 11.3 Å². The molecule has 19 heavy (non-hydrogen) atoms. The van der Waals surface area contributed by atoms with Crippen LogP contribution in [0.1, 0.15) is 27.2 Å². The highest BCUT2D eigenvalue weighted by molar-refractivity contribution is 7.09. The summed E-state index contributed by atoms with van der Waals surface area (Å²) in [6, 6.07) is 0. The number of hydrogen-bond acceptors (Lipinski definition) is 4. The van der Waals surface area contributed by atoms with Crippen molar-refractivity contribution in [3.05, 3.63) is 34.3 Å². The van der Waals surface area contributed by atoms with E-state index in [-0.39, 0.29) is 5.91 Å². The predicted molar refractivity (Wildman–Crippen MR) is 71.2 cm³/mol. The topological polar surface area (TPSA) is 51.0 Å². The quantitative estimate of drug-likeness (QED) is 0.792. The molecule has 0 aromatic carbocycles. The molecule has 2 aliphatic rings. The summed E-state index contributed by atoms with van der Waals surface area (Å²) < 4.78 is 2.21. The van der Waals surface area contributed by atoms with E-state index in [1.807, 2.05) is 29.6 Å². The summed E-state index contributed by atoms with van der Waals surface area (Å²) in [7, 11) is 0. The first-order valence-corrected chi connectivity index (χ1v) is 7.33. The standard InChI is InChI=1S/C13H14N4OS/c1-8-15-11(7-19-8)13(18)17-5-9-4-16-3-2-14-12(16)10(9)6-17/h2-3,7,9-10H,4-6H2,1H3/t9-,10+/m1/s1. The van der Waals surface area contributed by atoms with Crippen LogP contribution in [-0.2, 0) is 6.54 Å². The van der Waals surface area contributed by atoms with E-state index in [1.54, 1.807) is 0 Å². The molecule has 4 heterocycles. The number of carbonyl (C=O) groups is 1. The summed E-state index contributed by atoms with van der Waals surface area (Å²) in [5, 5.41) is 2.80. The van der Waals surface area contributed by atoms with Crippen LogP contribution in [0.3, 0.4) is 0 Å². The van der Waals surface area contributed by atoms with Gasteiger partial charge in [-0.15, -0.1) is 11.3 Å². The average molecular weight is 274 g/mol. The Bertz CT molecular complexity index is 647. The molecule has 0 N–H and O–H groups in total. The molecule has 1 saturated heterocycles. The van der Waals surface area contributed by atoms with E-state index in [4.69, 9.17) is 0 Å². The monoisotopic (exact) mass is 274 g/mol. The molecule has 2 atom stereocenters. The minimum Gasteiger partial charge on any atom is -0.336 e. The number of imidazole rings is 1. The second-order valence-corrected chi connectivity index (χ2v) is 6.33. The Morgan fingerprint density at radius 3 is 3.11 bits per heavy atom. The van der Waals surface area contributed by atoms with Crippen molar-refractivity contribution in [2.24, 2.45) is 5.92 Å². The lowest BCUT2D eigenvalue weighted by Crippen LogP contribution is -2.30. The molecule has 1 amide bonds. The van der Waals surface area contributed by atoms with Gasteiger partial charge in [-0.25, -0.2) is 9.97 Å². The Kier molecular flexibility index (Phi) is 2.29. The van der Waals surface area contributed by atoms with Gasteiger partial charge in [-0.1, -0.05) is 0 Å². The van der Waals surface area contributed by atoms with Crippen LogP contribution in [0.15, 0.2) is 17.8 Å². The van der Waals surface area contributed by atoms with E-state index in [0.29, 0.717) is 17.5 Å². The molecular weight excluding hydrogens is 260 g/mol. The van der Waals surface area contributed by atoms with Crippen LogP contribution < -0.4 is 0 Å². The van der Waals surface area contributed by atoms with Crippen molar-refractivity contribution in [2.45, 2.75) is 19.4 Å². The van der Waals surface area contributed by atoms with E-state index in [2.05, 4.69) is 14.5 Å². The van der Waals surface area contributed by atoms with Crippen LogP contribution in [0.2, 0.25) is 0 Å². The number of fused-ring (bicyclic) bond motifs is 3. The third-order valence-corrected chi connectivity index (χ3v) is 4.85. The molecule has 0 unspecified atom stereocenters. The second-order valence-electron chi connectivity index (χ2n) is 5.27. The number of hydrogen-bond donors (Lipinski definition) is 0. The van der Waals surface area contributed by atoms with E-state index in [0.717, 1.165) is 30.5 Å². The first-order chi connectivity index (χ1) is 9.22. The van der Waals surface area contributed by atoms with Gasteiger partial charge in [-0.2, -0.15) is 0 Å². The van der Waals surface area contributed by atoms with Crippen molar-refractivity contribution in [3.63, 3.8) is 0 Å². The molecule has 0 spiro atoms. The summed E-state index contributed by atoms with van der Waals surface area (Å²) in [6.07, 6.45) is 3.88. The van der Waals surface area contributed by atoms with Gasteiger partial charge in [0, 0.05) is 49.2 Å². The highest BCUT2D eigenvalue weighted by Crippen LogP contribution is 2.38. The molecule has 2 aliphatic heterocycles. The number of thiazole rings is 1. The second kappa shape index (κ2) is 3.90. The van der Waals surface area contributed by atoms with Gasteiger partial charge in [0.15, 0.2) is 0 Å². The van der Waals surface area contributed by atoms with Gasteiger partial charge in [-0.05, 0) is 6.92 Å². The van der Waals surface area contributed by atoms with Gasteiger partial charge in [0.05, 0.1) is 5.01 Å². The van der Waals surface area contributed by atoms with Crippen molar-refractivity contribution in [1.29, 1.82) is 0 Å². The number of likely N-dealkylation sites (tertiary alicyclic amines) is 1. The SMILES string of the molecule is Cc1nc(C(=O)N2C[C@H]3Cn4ccnc4[C@H]3C2)cs1. The number of amides is 1. The summed E-state index contributed by atoms with van der Waals surface area (Å²) in [6.45, 7) is 4.51. The minimum atomic E-state index is 0.0665. The molecule has 0 bridgehead atoms. The van der Waals surface area contributed by atoms with Crippen molar-refractivity contribution >= 4 is 17.2 Å². The third kappa shape index (κ3) is 1.63. The molecular formula is C13H14N4OS. The van der Waals surface area contributed by atoms with Gasteiger partial charge in [-0.3, -0.25) is 4.79 Å². The number of nitrogens with zero attached hydrogens (tertiary/aromatic N) is 4. The Hall–Kier alpha value is -1.69. The van der Waals surface area contributed by atoms with E-state index >= 15 is 0 Å². The van der Waals surface area contributed by atoms with E-state index in [1.165, 1.54) is 11.3 Å². The first kappa shape index (κ1) is 11.2. The van der Waals surface area contributed by atoms with Crippen LogP contribution in [0, 0.1) is 12.8 Å². The molecule has 5 nitrogen and oxygen atoms in total. The molecule has 98 valence electrons. The minimum absolute atomic E-state index is 0.0665. The summed E-state index contributed by atoms with van der Waals surface area (Å²) in [5.74, 6) is 2.12. The molecule has 0 saturated carbocycles. The first-order valence-electron chi connectivity index (χ1n) is 6.45. The van der Waals surface area contributed by atoms with Gasteiger partial charge < -0.3 is 9.47 Å². The Balaban J connectivity index is 1.56. The lowest BCUT2D eigenvalue weighted by atomic mass is 9.99. The molecule has 2 aromatic rings. The van der Waals surface area contributed by atoms with Gasteiger partial charge in [0.25, 0.3) is 5.91 Å². The Morgan fingerprint density at radius 2 is 2.32 bits per heavy atom. The summed E-state index contributed by atoms with van der Waals surface area (Å²) >= 11 is 1.53. The number of rotatable bonds is 1. The molecule has 2 aromatic heterocycles. The van der Waals surface area contributed by atoms with Gasteiger partial charge in [0.1, 0.15) is 11.5 Å². The molecule has 0 aliphatic carbocycles. The Labute approximate surface area is 114 Å². The maximum Gasteiger partial charge on any atom is 0.273 e. The van der Waals surface area contributed by atoms with Crippen LogP contribution in [-0.4, -0.2) is 38.4 Å². The largest absolute Gasteiger partial charge is 0.336 e. The smallest absolute Gasteiger partial charge is 0.273 e. The maximum absolute atomic E-state index is 12.4. The van der Waals surface area contributed by atoms with Gasteiger partial charge in [0.2, 0.25) is 0 Å². The number of aromatic nitrogens is 3. The fraction of sp³-hybridized carbons (Fsp3) is 0.462. The fourth-order valence-corrected chi connectivity index (χ4v) is 3.78. The van der Waals surface area contributed by atoms with E-state index < -0.39 is 0 Å². The predicted octanol–water partition coefficient (Wildman–Crippen LogP) is 1.52. The zero-order valence-corrected chi connectivity index (χ0v) is 11.4. The molecule has 1 fully saturated rings. The van der Waals surface area contributed by atoms with Crippen molar-refractivity contribution in [3.8, 4) is 0 Å². The molecule has 4 rings (SSSR count). The number of aryl methyl sites for hydroxylation is 1. The van der Waals surface area contributed by atoms with Crippen LogP contribution in [0.4, 0.5) is 0 Å². The van der Waals surface area contributed by atoms with Crippen molar-refractivity contribution < 1.29 is 4.79 Å². The lowest BCUT2D eigenvalue weighted by molar-refractivity contribution is 0.0778. The molecule has 0 radical (unpaired) electrons. The van der Waals surface area contributed by atoms with Crippen LogP contribution in [0.25, 0.3) is 0 Å². The van der Waals surface area contributed by atoms with Gasteiger partial charge >= 0.3 is 0 Å².